The molecule has 0 radical (unpaired) electrons. The zero-order valence-electron chi connectivity index (χ0n) is 10.3. The van der Waals surface area contributed by atoms with Crippen molar-refractivity contribution in [3.05, 3.63) is 29.8 Å². The second-order valence-electron chi connectivity index (χ2n) is 3.69. The summed E-state index contributed by atoms with van der Waals surface area (Å²) in [6.45, 7) is 6.24. The van der Waals surface area contributed by atoms with Crippen LogP contribution in [0.3, 0.4) is 0 Å². The third-order valence-electron chi connectivity index (χ3n) is 2.93. The molecular weight excluding hydrogens is 202 g/mol. The van der Waals surface area contributed by atoms with Crippen LogP contribution in [0.4, 0.5) is 0 Å². The van der Waals surface area contributed by atoms with E-state index < -0.39 is 0 Å². The highest BCUT2D eigenvalue weighted by Gasteiger charge is 2.16. The average molecular weight is 223 g/mol. The lowest BCUT2D eigenvalue weighted by molar-refractivity contribution is 0.134. The van der Waals surface area contributed by atoms with Crippen molar-refractivity contribution in [2.75, 3.05) is 26.8 Å². The Kier molecular flexibility index (Phi) is 5.29. The van der Waals surface area contributed by atoms with Gasteiger partial charge in [0.05, 0.1) is 19.8 Å². The lowest BCUT2D eigenvalue weighted by atomic mass is 10.1. The Balaban J connectivity index is 2.85. The highest BCUT2D eigenvalue weighted by molar-refractivity contribution is 5.29. The number of hydrogen-bond acceptors (Lipinski definition) is 3. The Bertz CT molecular complexity index is 293. The minimum atomic E-state index is 0.0842. The fourth-order valence-electron chi connectivity index (χ4n) is 1.92. The van der Waals surface area contributed by atoms with Gasteiger partial charge in [-0.15, -0.1) is 0 Å². The molecule has 3 heteroatoms. The van der Waals surface area contributed by atoms with E-state index in [1.54, 1.807) is 7.11 Å². The van der Waals surface area contributed by atoms with Crippen LogP contribution in [0.5, 0.6) is 5.75 Å². The molecule has 0 spiro atoms. The van der Waals surface area contributed by atoms with Gasteiger partial charge in [-0.3, -0.25) is 4.90 Å². The predicted molar refractivity (Wildman–Crippen MR) is 65.7 cm³/mol. The maximum Gasteiger partial charge on any atom is 0.118 e. The molecule has 0 aliphatic rings. The Hall–Kier alpha value is -1.06. The van der Waals surface area contributed by atoms with E-state index in [9.17, 15) is 5.11 Å². The fourth-order valence-corrected chi connectivity index (χ4v) is 1.92. The van der Waals surface area contributed by atoms with Crippen molar-refractivity contribution in [1.29, 1.82) is 0 Å². The van der Waals surface area contributed by atoms with E-state index in [-0.39, 0.29) is 12.6 Å². The van der Waals surface area contributed by atoms with Crippen LogP contribution in [0.2, 0.25) is 0 Å². The van der Waals surface area contributed by atoms with E-state index in [4.69, 9.17) is 4.74 Å². The largest absolute Gasteiger partial charge is 0.497 e. The summed E-state index contributed by atoms with van der Waals surface area (Å²) in [6.07, 6.45) is 0. The average Bonchev–Trinajstić information content (AvgIpc) is 2.36. The van der Waals surface area contributed by atoms with Gasteiger partial charge in [-0.25, -0.2) is 0 Å². The molecule has 1 atom stereocenters. The minimum absolute atomic E-state index is 0.0842. The number of ether oxygens (including phenoxy) is 1. The van der Waals surface area contributed by atoms with Crippen molar-refractivity contribution >= 4 is 0 Å². The van der Waals surface area contributed by atoms with E-state index in [1.807, 2.05) is 24.3 Å². The molecule has 0 saturated heterocycles. The zero-order valence-corrected chi connectivity index (χ0v) is 10.3. The number of hydrogen-bond donors (Lipinski definition) is 1. The third-order valence-corrected chi connectivity index (χ3v) is 2.93. The van der Waals surface area contributed by atoms with Crippen molar-refractivity contribution in [1.82, 2.24) is 4.90 Å². The molecule has 0 amide bonds. The van der Waals surface area contributed by atoms with Crippen molar-refractivity contribution < 1.29 is 9.84 Å². The molecule has 0 aromatic heterocycles. The highest BCUT2D eigenvalue weighted by Crippen LogP contribution is 2.22. The molecule has 0 fully saturated rings. The molecule has 0 aliphatic carbocycles. The molecule has 0 bridgehead atoms. The summed E-state index contributed by atoms with van der Waals surface area (Å²) < 4.78 is 5.12. The Morgan fingerprint density at radius 3 is 2.12 bits per heavy atom. The quantitative estimate of drug-likeness (QED) is 0.801. The van der Waals surface area contributed by atoms with Crippen LogP contribution < -0.4 is 4.74 Å². The van der Waals surface area contributed by atoms with Gasteiger partial charge in [0, 0.05) is 0 Å². The van der Waals surface area contributed by atoms with E-state index in [0.29, 0.717) is 0 Å². The summed E-state index contributed by atoms with van der Waals surface area (Å²) in [5.74, 6) is 0.847. The molecule has 1 unspecified atom stereocenters. The van der Waals surface area contributed by atoms with Gasteiger partial charge in [0.2, 0.25) is 0 Å². The number of nitrogens with zero attached hydrogens (tertiary/aromatic N) is 1. The van der Waals surface area contributed by atoms with Gasteiger partial charge in [-0.05, 0) is 30.8 Å². The minimum Gasteiger partial charge on any atom is -0.497 e. The first-order chi connectivity index (χ1) is 7.76. The molecule has 1 N–H and O–H groups in total. The number of aliphatic hydroxyl groups is 1. The molecule has 1 aromatic rings. The van der Waals surface area contributed by atoms with Crippen molar-refractivity contribution in [3.8, 4) is 5.75 Å². The second-order valence-corrected chi connectivity index (χ2v) is 3.69. The van der Waals surface area contributed by atoms with E-state index in [0.717, 1.165) is 24.4 Å². The fraction of sp³-hybridized carbons (Fsp3) is 0.538. The van der Waals surface area contributed by atoms with Gasteiger partial charge in [-0.2, -0.15) is 0 Å². The third kappa shape index (κ3) is 2.97. The standard InChI is InChI=1S/C13H21NO2/c1-4-14(5-2)13(10-15)11-6-8-12(16-3)9-7-11/h6-9,13,15H,4-5,10H2,1-3H3. The van der Waals surface area contributed by atoms with Crippen LogP contribution in [0, 0.1) is 0 Å². The predicted octanol–water partition coefficient (Wildman–Crippen LogP) is 2.07. The summed E-state index contributed by atoms with van der Waals surface area (Å²) in [5, 5.41) is 9.47. The summed E-state index contributed by atoms with van der Waals surface area (Å²) in [5.41, 5.74) is 1.13. The highest BCUT2D eigenvalue weighted by atomic mass is 16.5. The van der Waals surface area contributed by atoms with Crippen LogP contribution >= 0.6 is 0 Å². The van der Waals surface area contributed by atoms with Gasteiger partial charge in [0.1, 0.15) is 5.75 Å². The maximum atomic E-state index is 9.47. The van der Waals surface area contributed by atoms with Gasteiger partial charge in [0.15, 0.2) is 0 Å². The molecule has 16 heavy (non-hydrogen) atoms. The van der Waals surface area contributed by atoms with Gasteiger partial charge < -0.3 is 9.84 Å². The van der Waals surface area contributed by atoms with Crippen LogP contribution in [0.1, 0.15) is 25.5 Å². The number of rotatable bonds is 6. The van der Waals surface area contributed by atoms with Crippen LogP contribution in [-0.2, 0) is 0 Å². The lowest BCUT2D eigenvalue weighted by Gasteiger charge is -2.28. The smallest absolute Gasteiger partial charge is 0.118 e. The normalized spacial score (nSPS) is 12.8. The summed E-state index contributed by atoms with van der Waals surface area (Å²) in [4.78, 5) is 2.24. The van der Waals surface area contributed by atoms with Gasteiger partial charge >= 0.3 is 0 Å². The SMILES string of the molecule is CCN(CC)C(CO)c1ccc(OC)cc1. The first kappa shape index (κ1) is 13.0. The van der Waals surface area contributed by atoms with Crippen LogP contribution in [0.25, 0.3) is 0 Å². The summed E-state index contributed by atoms with van der Waals surface area (Å²) in [6, 6.07) is 7.97. The van der Waals surface area contributed by atoms with Crippen molar-refractivity contribution in [2.24, 2.45) is 0 Å². The van der Waals surface area contributed by atoms with Gasteiger partial charge in [0.25, 0.3) is 0 Å². The van der Waals surface area contributed by atoms with Crippen molar-refractivity contribution in [3.63, 3.8) is 0 Å². The first-order valence-electron chi connectivity index (χ1n) is 5.75. The van der Waals surface area contributed by atoms with E-state index in [2.05, 4.69) is 18.7 Å². The molecule has 0 saturated carbocycles. The van der Waals surface area contributed by atoms with Crippen LogP contribution in [-0.4, -0.2) is 36.8 Å². The lowest BCUT2D eigenvalue weighted by Crippen LogP contribution is -2.30. The van der Waals surface area contributed by atoms with E-state index >= 15 is 0 Å². The maximum absolute atomic E-state index is 9.47. The van der Waals surface area contributed by atoms with Crippen LogP contribution in [0.15, 0.2) is 24.3 Å². The molecule has 1 aromatic carbocycles. The topological polar surface area (TPSA) is 32.7 Å². The monoisotopic (exact) mass is 223 g/mol. The van der Waals surface area contributed by atoms with Gasteiger partial charge in [-0.1, -0.05) is 26.0 Å². The van der Waals surface area contributed by atoms with Crippen molar-refractivity contribution in [2.45, 2.75) is 19.9 Å². The molecule has 0 aliphatic heterocycles. The summed E-state index contributed by atoms with van der Waals surface area (Å²) in [7, 11) is 1.66. The molecule has 1 rings (SSSR count). The summed E-state index contributed by atoms with van der Waals surface area (Å²) >= 11 is 0. The number of benzene rings is 1. The number of aliphatic hydroxyl groups excluding tert-OH is 1. The molecular formula is C13H21NO2. The Morgan fingerprint density at radius 2 is 1.75 bits per heavy atom. The molecule has 3 nitrogen and oxygen atoms in total. The van der Waals surface area contributed by atoms with E-state index in [1.165, 1.54) is 0 Å². The zero-order chi connectivity index (χ0) is 12.0. The second kappa shape index (κ2) is 6.51. The Morgan fingerprint density at radius 1 is 1.19 bits per heavy atom. The number of likely N-dealkylation sites (N-methyl/N-ethyl adjacent to an activating group) is 1. The molecule has 0 heterocycles. The molecule has 90 valence electrons. The first-order valence-corrected chi connectivity index (χ1v) is 5.75. The Labute approximate surface area is 97.7 Å². The number of methoxy groups -OCH3 is 1.